The standard InChI is InChI=1S/C25H21FN4O4/c26-14-3-1-2-13(10-14)12-28-25(32)30-22-21-17-11-15(4-6-18(17)34-23(21)22)33-19-8-9-27-24-16(19)5-7-20(31)29-24/h1-4,6,8-11,21-23H,5,7,12H2,(H,27,29,31)(H2,28,30,32)/t21-,22-,23-/m0/s1. The van der Waals surface area contributed by atoms with Gasteiger partial charge in [0, 0.05) is 30.3 Å². The van der Waals surface area contributed by atoms with Gasteiger partial charge in [0.15, 0.2) is 0 Å². The lowest BCUT2D eigenvalue weighted by atomic mass is 10.1. The zero-order valence-corrected chi connectivity index (χ0v) is 18.0. The van der Waals surface area contributed by atoms with Crippen LogP contribution in [0.3, 0.4) is 0 Å². The SMILES string of the molecule is O=C1CCc2c(Oc3ccc4c(c3)[C@H]3[C@H](NC(=O)NCc5cccc(F)c5)[C@H]3O4)ccnc2N1. The number of hydrogen-bond donors (Lipinski definition) is 3. The van der Waals surface area contributed by atoms with E-state index in [1.165, 1.54) is 12.1 Å². The van der Waals surface area contributed by atoms with E-state index >= 15 is 0 Å². The Balaban J connectivity index is 1.11. The number of pyridine rings is 1. The lowest BCUT2D eigenvalue weighted by Crippen LogP contribution is -2.38. The molecule has 8 nitrogen and oxygen atoms in total. The number of aromatic nitrogens is 1. The Morgan fingerprint density at radius 2 is 2.12 bits per heavy atom. The second-order valence-electron chi connectivity index (χ2n) is 8.58. The third-order valence-electron chi connectivity index (χ3n) is 6.30. The molecule has 34 heavy (non-hydrogen) atoms. The highest BCUT2D eigenvalue weighted by molar-refractivity contribution is 5.93. The number of rotatable bonds is 5. The van der Waals surface area contributed by atoms with Crippen LogP contribution >= 0.6 is 0 Å². The summed E-state index contributed by atoms with van der Waals surface area (Å²) in [5.74, 6) is 2.28. The number of anilines is 1. The highest BCUT2D eigenvalue weighted by Gasteiger charge is 2.59. The molecule has 172 valence electrons. The van der Waals surface area contributed by atoms with Crippen molar-refractivity contribution in [3.8, 4) is 17.2 Å². The molecule has 0 bridgehead atoms. The van der Waals surface area contributed by atoms with Crippen LogP contribution in [0.5, 0.6) is 17.2 Å². The third-order valence-corrected chi connectivity index (χ3v) is 6.30. The Morgan fingerprint density at radius 1 is 1.21 bits per heavy atom. The fourth-order valence-corrected chi connectivity index (χ4v) is 4.59. The van der Waals surface area contributed by atoms with Crippen LogP contribution in [0.4, 0.5) is 15.0 Å². The van der Waals surface area contributed by atoms with Crippen molar-refractivity contribution in [1.82, 2.24) is 15.6 Å². The number of nitrogens with one attached hydrogen (secondary N) is 3. The minimum absolute atomic E-state index is 0.0455. The minimum Gasteiger partial charge on any atom is -0.487 e. The second kappa shape index (κ2) is 8.02. The van der Waals surface area contributed by atoms with Gasteiger partial charge in [0.1, 0.15) is 35.0 Å². The van der Waals surface area contributed by atoms with E-state index < -0.39 is 0 Å². The van der Waals surface area contributed by atoms with E-state index in [0.29, 0.717) is 35.7 Å². The number of nitrogens with zero attached hydrogens (tertiary/aromatic N) is 1. The van der Waals surface area contributed by atoms with Crippen molar-refractivity contribution in [3.63, 3.8) is 0 Å². The van der Waals surface area contributed by atoms with Crippen LogP contribution in [-0.2, 0) is 17.8 Å². The molecule has 2 aromatic carbocycles. The van der Waals surface area contributed by atoms with Crippen LogP contribution in [0.25, 0.3) is 0 Å². The number of ether oxygens (including phenoxy) is 2. The zero-order chi connectivity index (χ0) is 23.2. The van der Waals surface area contributed by atoms with Gasteiger partial charge in [-0.15, -0.1) is 0 Å². The number of fused-ring (bicyclic) bond motifs is 4. The van der Waals surface area contributed by atoms with Crippen LogP contribution in [0.1, 0.15) is 29.0 Å². The largest absolute Gasteiger partial charge is 0.487 e. The summed E-state index contributed by atoms with van der Waals surface area (Å²) in [4.78, 5) is 28.2. The van der Waals surface area contributed by atoms with Gasteiger partial charge in [0.05, 0.1) is 12.0 Å². The highest BCUT2D eigenvalue weighted by atomic mass is 19.1. The lowest BCUT2D eigenvalue weighted by molar-refractivity contribution is -0.116. The molecule has 6 rings (SSSR count). The van der Waals surface area contributed by atoms with Gasteiger partial charge in [0.25, 0.3) is 0 Å². The van der Waals surface area contributed by atoms with Crippen molar-refractivity contribution < 1.29 is 23.5 Å². The van der Waals surface area contributed by atoms with Gasteiger partial charge in [-0.1, -0.05) is 12.1 Å². The van der Waals surface area contributed by atoms with Gasteiger partial charge in [-0.3, -0.25) is 4.79 Å². The van der Waals surface area contributed by atoms with Crippen molar-refractivity contribution in [2.24, 2.45) is 0 Å². The minimum atomic E-state index is -0.337. The van der Waals surface area contributed by atoms with Crippen LogP contribution in [0, 0.1) is 5.82 Å². The Kier molecular flexibility index (Phi) is 4.83. The lowest BCUT2D eigenvalue weighted by Gasteiger charge is -2.19. The molecule has 3 aliphatic rings. The summed E-state index contributed by atoms with van der Waals surface area (Å²) >= 11 is 0. The van der Waals surface area contributed by atoms with E-state index in [2.05, 4.69) is 20.9 Å². The molecular formula is C25H21FN4O4. The fourth-order valence-electron chi connectivity index (χ4n) is 4.59. The summed E-state index contributed by atoms with van der Waals surface area (Å²) in [6.45, 7) is 0.234. The number of amides is 3. The van der Waals surface area contributed by atoms with Crippen molar-refractivity contribution in [2.45, 2.75) is 37.5 Å². The van der Waals surface area contributed by atoms with Crippen LogP contribution in [0.2, 0.25) is 0 Å². The normalized spacial score (nSPS) is 21.3. The first-order chi connectivity index (χ1) is 16.5. The quantitative estimate of drug-likeness (QED) is 0.540. The average Bonchev–Trinajstić information content (AvgIpc) is 3.34. The van der Waals surface area contributed by atoms with Crippen LogP contribution < -0.4 is 25.4 Å². The molecule has 0 radical (unpaired) electrons. The maximum atomic E-state index is 13.3. The van der Waals surface area contributed by atoms with E-state index in [-0.39, 0.29) is 42.4 Å². The number of benzene rings is 2. The molecule has 0 unspecified atom stereocenters. The Morgan fingerprint density at radius 3 is 3.00 bits per heavy atom. The molecule has 0 spiro atoms. The van der Waals surface area contributed by atoms with E-state index in [1.54, 1.807) is 24.4 Å². The average molecular weight is 460 g/mol. The van der Waals surface area contributed by atoms with E-state index in [1.807, 2.05) is 18.2 Å². The number of carbonyl (C=O) groups excluding carboxylic acids is 2. The van der Waals surface area contributed by atoms with Gasteiger partial charge >= 0.3 is 6.03 Å². The second-order valence-corrected chi connectivity index (χ2v) is 8.58. The molecule has 0 saturated heterocycles. The molecule has 3 heterocycles. The van der Waals surface area contributed by atoms with E-state index in [4.69, 9.17) is 9.47 Å². The van der Waals surface area contributed by atoms with Gasteiger partial charge in [0.2, 0.25) is 5.91 Å². The van der Waals surface area contributed by atoms with E-state index in [9.17, 15) is 14.0 Å². The van der Waals surface area contributed by atoms with Crippen molar-refractivity contribution >= 4 is 17.8 Å². The van der Waals surface area contributed by atoms with Crippen LogP contribution in [-0.4, -0.2) is 29.1 Å². The molecule has 1 aromatic heterocycles. The number of urea groups is 1. The van der Waals surface area contributed by atoms with Gasteiger partial charge < -0.3 is 25.4 Å². The number of carbonyl (C=O) groups is 2. The first-order valence-electron chi connectivity index (χ1n) is 11.1. The predicted octanol–water partition coefficient (Wildman–Crippen LogP) is 3.62. The molecule has 3 N–H and O–H groups in total. The molecule has 3 amide bonds. The topological polar surface area (TPSA) is 102 Å². The summed E-state index contributed by atoms with van der Waals surface area (Å²) in [6.07, 6.45) is 2.45. The first kappa shape index (κ1) is 20.5. The Bertz CT molecular complexity index is 1310. The molecule has 1 saturated carbocycles. The molecule has 1 aliphatic carbocycles. The maximum absolute atomic E-state index is 13.3. The molecule has 9 heteroatoms. The van der Waals surface area contributed by atoms with E-state index in [0.717, 1.165) is 16.9 Å². The van der Waals surface area contributed by atoms with Crippen molar-refractivity contribution in [3.05, 3.63) is 77.2 Å². The third kappa shape index (κ3) is 3.79. The summed E-state index contributed by atoms with van der Waals surface area (Å²) in [5, 5.41) is 8.47. The van der Waals surface area contributed by atoms with Gasteiger partial charge in [-0.05, 0) is 48.4 Å². The summed E-state index contributed by atoms with van der Waals surface area (Å²) in [7, 11) is 0. The maximum Gasteiger partial charge on any atom is 0.315 e. The summed E-state index contributed by atoms with van der Waals surface area (Å²) in [6, 6.07) is 13.1. The zero-order valence-electron chi connectivity index (χ0n) is 18.0. The van der Waals surface area contributed by atoms with Crippen molar-refractivity contribution in [2.75, 3.05) is 5.32 Å². The molecule has 1 fully saturated rings. The Labute approximate surface area is 194 Å². The molecule has 2 aliphatic heterocycles. The fraction of sp³-hybridized carbons (Fsp3) is 0.240. The number of halogens is 1. The number of hydrogen-bond acceptors (Lipinski definition) is 5. The van der Waals surface area contributed by atoms with Gasteiger partial charge in [-0.2, -0.15) is 0 Å². The summed E-state index contributed by atoms with van der Waals surface area (Å²) in [5.41, 5.74) is 2.54. The molecule has 3 aromatic rings. The van der Waals surface area contributed by atoms with Gasteiger partial charge in [-0.25, -0.2) is 14.2 Å². The van der Waals surface area contributed by atoms with Crippen LogP contribution in [0.15, 0.2) is 54.7 Å². The first-order valence-corrected chi connectivity index (χ1v) is 11.1. The van der Waals surface area contributed by atoms with Crippen molar-refractivity contribution in [1.29, 1.82) is 0 Å². The summed E-state index contributed by atoms with van der Waals surface area (Å²) < 4.78 is 25.4. The predicted molar refractivity (Wildman–Crippen MR) is 120 cm³/mol. The smallest absolute Gasteiger partial charge is 0.315 e. The Hall–Kier alpha value is -4.14. The highest BCUT2D eigenvalue weighted by Crippen LogP contribution is 2.54. The monoisotopic (exact) mass is 460 g/mol. The molecule has 3 atom stereocenters. The molecular weight excluding hydrogens is 439 g/mol.